The Morgan fingerprint density at radius 3 is 2.40 bits per heavy atom. The molecular weight excluding hydrogens is 540 g/mol. The Labute approximate surface area is 246 Å². The zero-order valence-corrected chi connectivity index (χ0v) is 25.1. The molecule has 0 aliphatic carbocycles. The van der Waals surface area contributed by atoms with Gasteiger partial charge in [0.2, 0.25) is 0 Å². The summed E-state index contributed by atoms with van der Waals surface area (Å²) in [6.45, 7) is 8.08. The van der Waals surface area contributed by atoms with Gasteiger partial charge in [0, 0.05) is 55.6 Å². The van der Waals surface area contributed by atoms with Crippen LogP contribution in [0, 0.1) is 0 Å². The van der Waals surface area contributed by atoms with Gasteiger partial charge < -0.3 is 29.2 Å². The molecule has 11 nitrogen and oxygen atoms in total. The van der Waals surface area contributed by atoms with Gasteiger partial charge in [0.15, 0.2) is 11.5 Å². The monoisotopic (exact) mass is 580 g/mol. The molecule has 2 aliphatic heterocycles. The van der Waals surface area contributed by atoms with E-state index in [4.69, 9.17) is 18.9 Å². The van der Waals surface area contributed by atoms with Crippen LogP contribution >= 0.6 is 0 Å². The van der Waals surface area contributed by atoms with Crippen LogP contribution in [0.25, 0.3) is 0 Å². The smallest absolute Gasteiger partial charge is 0.338 e. The number of carbonyl (C=O) groups is 3. The molecule has 0 saturated carbocycles. The summed E-state index contributed by atoms with van der Waals surface area (Å²) < 4.78 is 22.0. The summed E-state index contributed by atoms with van der Waals surface area (Å²) in [5, 5.41) is 2.99. The molecule has 226 valence electrons. The van der Waals surface area contributed by atoms with E-state index in [2.05, 4.69) is 10.2 Å². The van der Waals surface area contributed by atoms with Gasteiger partial charge in [0.1, 0.15) is 5.75 Å². The summed E-state index contributed by atoms with van der Waals surface area (Å²) in [7, 11) is 4.63. The first kappa shape index (κ1) is 30.7. The molecule has 2 aromatic carbocycles. The van der Waals surface area contributed by atoms with Gasteiger partial charge in [-0.2, -0.15) is 0 Å². The fourth-order valence-corrected chi connectivity index (χ4v) is 5.64. The maximum atomic E-state index is 13.6. The average Bonchev–Trinajstić information content (AvgIpc) is 3.00. The van der Waals surface area contributed by atoms with Crippen molar-refractivity contribution >= 4 is 17.9 Å². The number of piperazine rings is 1. The standard InChI is InChI=1S/C31H40N4O7/c1-7-34-24(19-33-15-16-35(20(3)18-33)29(36)21-11-9-12-22(17-21)39-4)26(30(37)42-8-2)27(32-31(34)38)23-13-10-14-25(40-5)28(23)41-6/h9-14,17,20,27H,7-8,15-16,18-19H2,1-6H3,(H,32,38). The third-order valence-corrected chi connectivity index (χ3v) is 7.66. The summed E-state index contributed by atoms with van der Waals surface area (Å²) in [5.41, 5.74) is 2.06. The quantitative estimate of drug-likeness (QED) is 0.426. The number of rotatable bonds is 10. The van der Waals surface area contributed by atoms with Crippen molar-refractivity contribution in [1.82, 2.24) is 20.0 Å². The minimum Gasteiger partial charge on any atom is -0.497 e. The Balaban J connectivity index is 1.67. The first-order chi connectivity index (χ1) is 20.3. The van der Waals surface area contributed by atoms with Crippen molar-refractivity contribution in [2.75, 3.05) is 60.7 Å². The van der Waals surface area contributed by atoms with Crippen LogP contribution in [-0.2, 0) is 9.53 Å². The second kappa shape index (κ2) is 13.6. The van der Waals surface area contributed by atoms with Crippen molar-refractivity contribution in [2.45, 2.75) is 32.9 Å². The van der Waals surface area contributed by atoms with Crippen molar-refractivity contribution in [3.8, 4) is 17.2 Å². The van der Waals surface area contributed by atoms with Crippen LogP contribution in [0.1, 0.15) is 42.7 Å². The van der Waals surface area contributed by atoms with Crippen LogP contribution in [-0.4, -0.2) is 99.3 Å². The topological polar surface area (TPSA) is 110 Å². The number of nitrogens with one attached hydrogen (secondary N) is 1. The van der Waals surface area contributed by atoms with Gasteiger partial charge in [-0.25, -0.2) is 9.59 Å². The van der Waals surface area contributed by atoms with E-state index in [0.717, 1.165) is 0 Å². The molecule has 4 rings (SSSR count). The van der Waals surface area contributed by atoms with Crippen LogP contribution in [0.2, 0.25) is 0 Å². The maximum absolute atomic E-state index is 13.6. The van der Waals surface area contributed by atoms with Crippen LogP contribution in [0.15, 0.2) is 53.7 Å². The highest BCUT2D eigenvalue weighted by Gasteiger charge is 2.40. The molecule has 0 radical (unpaired) electrons. The first-order valence-corrected chi connectivity index (χ1v) is 14.1. The highest BCUT2D eigenvalue weighted by molar-refractivity contribution is 5.96. The molecule has 2 unspecified atom stereocenters. The molecule has 2 atom stereocenters. The van der Waals surface area contributed by atoms with E-state index in [1.54, 1.807) is 61.4 Å². The Kier molecular flexibility index (Phi) is 9.95. The zero-order valence-electron chi connectivity index (χ0n) is 25.1. The predicted molar refractivity (Wildman–Crippen MR) is 157 cm³/mol. The fourth-order valence-electron chi connectivity index (χ4n) is 5.64. The first-order valence-electron chi connectivity index (χ1n) is 14.1. The molecule has 2 aliphatic rings. The average molecular weight is 581 g/mol. The Morgan fingerprint density at radius 1 is 1.00 bits per heavy atom. The third-order valence-electron chi connectivity index (χ3n) is 7.66. The minimum atomic E-state index is -0.812. The molecule has 1 saturated heterocycles. The minimum absolute atomic E-state index is 0.0649. The number of hydrogen-bond donors (Lipinski definition) is 1. The number of likely N-dealkylation sites (N-methyl/N-ethyl adjacent to an activating group) is 1. The van der Waals surface area contributed by atoms with E-state index in [1.165, 1.54) is 14.2 Å². The normalized spacial score (nSPS) is 19.3. The van der Waals surface area contributed by atoms with E-state index < -0.39 is 12.0 Å². The molecule has 0 bridgehead atoms. The van der Waals surface area contributed by atoms with Gasteiger partial charge >= 0.3 is 12.0 Å². The molecule has 42 heavy (non-hydrogen) atoms. The largest absolute Gasteiger partial charge is 0.497 e. The molecule has 1 fully saturated rings. The number of methoxy groups -OCH3 is 3. The van der Waals surface area contributed by atoms with Gasteiger partial charge in [-0.15, -0.1) is 0 Å². The second-order valence-corrected chi connectivity index (χ2v) is 10.1. The lowest BCUT2D eigenvalue weighted by Crippen LogP contribution is -2.56. The number of benzene rings is 2. The number of carbonyl (C=O) groups excluding carboxylic acids is 3. The van der Waals surface area contributed by atoms with Crippen LogP contribution < -0.4 is 19.5 Å². The van der Waals surface area contributed by atoms with Crippen molar-refractivity contribution < 1.29 is 33.3 Å². The van der Waals surface area contributed by atoms with Gasteiger partial charge in [-0.05, 0) is 45.0 Å². The van der Waals surface area contributed by atoms with Crippen LogP contribution in [0.3, 0.4) is 0 Å². The highest BCUT2D eigenvalue weighted by Crippen LogP contribution is 2.40. The lowest BCUT2D eigenvalue weighted by Gasteiger charge is -2.43. The van der Waals surface area contributed by atoms with Crippen LogP contribution in [0.4, 0.5) is 4.79 Å². The van der Waals surface area contributed by atoms with Crippen molar-refractivity contribution in [2.24, 2.45) is 0 Å². The number of esters is 1. The third kappa shape index (κ3) is 6.15. The van der Waals surface area contributed by atoms with Gasteiger partial charge in [-0.3, -0.25) is 14.6 Å². The molecule has 3 amide bonds. The number of ether oxygens (including phenoxy) is 4. The Bertz CT molecular complexity index is 1340. The molecule has 11 heteroatoms. The summed E-state index contributed by atoms with van der Waals surface area (Å²) in [6, 6.07) is 11.2. The number of amides is 3. The zero-order chi connectivity index (χ0) is 30.4. The summed E-state index contributed by atoms with van der Waals surface area (Å²) in [5.74, 6) is 0.959. The predicted octanol–water partition coefficient (Wildman–Crippen LogP) is 3.46. The SMILES string of the molecule is CCOC(=O)C1=C(CN2CCN(C(=O)c3cccc(OC)c3)C(C)C2)N(CC)C(=O)NC1c1cccc(OC)c1OC. The van der Waals surface area contributed by atoms with Gasteiger partial charge in [-0.1, -0.05) is 18.2 Å². The van der Waals surface area contributed by atoms with E-state index in [9.17, 15) is 14.4 Å². The fraction of sp³-hybridized carbons (Fsp3) is 0.452. The molecule has 0 aromatic heterocycles. The summed E-state index contributed by atoms with van der Waals surface area (Å²) in [4.78, 5) is 45.9. The summed E-state index contributed by atoms with van der Waals surface area (Å²) >= 11 is 0. The molecule has 2 aromatic rings. The number of para-hydroxylation sites is 1. The van der Waals surface area contributed by atoms with Crippen molar-refractivity contribution in [1.29, 1.82) is 0 Å². The lowest BCUT2D eigenvalue weighted by atomic mass is 9.93. The van der Waals surface area contributed by atoms with E-state index in [1.807, 2.05) is 18.7 Å². The highest BCUT2D eigenvalue weighted by atomic mass is 16.5. The Morgan fingerprint density at radius 2 is 1.76 bits per heavy atom. The molecule has 0 spiro atoms. The molecule has 1 N–H and O–H groups in total. The second-order valence-electron chi connectivity index (χ2n) is 10.1. The molecular formula is C31H40N4O7. The van der Waals surface area contributed by atoms with E-state index >= 15 is 0 Å². The van der Waals surface area contributed by atoms with Crippen molar-refractivity contribution in [3.05, 3.63) is 64.9 Å². The van der Waals surface area contributed by atoms with Gasteiger partial charge in [0.05, 0.1) is 39.6 Å². The van der Waals surface area contributed by atoms with Crippen molar-refractivity contribution in [3.63, 3.8) is 0 Å². The number of hydrogen-bond acceptors (Lipinski definition) is 8. The van der Waals surface area contributed by atoms with E-state index in [0.29, 0.717) is 72.4 Å². The van der Waals surface area contributed by atoms with Gasteiger partial charge in [0.25, 0.3) is 5.91 Å². The van der Waals surface area contributed by atoms with E-state index in [-0.39, 0.29) is 24.6 Å². The molecule has 2 heterocycles. The number of urea groups is 1. The van der Waals surface area contributed by atoms with Crippen LogP contribution in [0.5, 0.6) is 17.2 Å². The summed E-state index contributed by atoms with van der Waals surface area (Å²) in [6.07, 6.45) is 0. The number of nitrogens with zero attached hydrogens (tertiary/aromatic N) is 3. The maximum Gasteiger partial charge on any atom is 0.338 e. The lowest BCUT2D eigenvalue weighted by molar-refractivity contribution is -0.139. The Hall–Kier alpha value is -4.25.